The molecule has 0 heterocycles. The Morgan fingerprint density at radius 2 is 1.81 bits per heavy atom. The van der Waals surface area contributed by atoms with E-state index in [0.717, 1.165) is 37.0 Å². The van der Waals surface area contributed by atoms with Crippen molar-refractivity contribution < 1.29 is 0 Å². The molecule has 4 rings (SSSR count). The molecule has 2 aliphatic carbocycles. The van der Waals surface area contributed by atoms with Gasteiger partial charge in [0.25, 0.3) is 0 Å². The van der Waals surface area contributed by atoms with Gasteiger partial charge in [0.2, 0.25) is 0 Å². The fraction of sp³-hybridized carbons (Fsp3) is 0.167. The van der Waals surface area contributed by atoms with E-state index in [-0.39, 0.29) is 0 Å². The Kier molecular flexibility index (Phi) is 9.56. The maximum absolute atomic E-state index is 3.63. The van der Waals surface area contributed by atoms with Crippen LogP contribution in [0.25, 0.3) is 5.57 Å². The Bertz CT molecular complexity index is 1390. The highest BCUT2D eigenvalue weighted by Crippen LogP contribution is 2.38. The summed E-state index contributed by atoms with van der Waals surface area (Å²) in [6, 6.07) is 19.3. The van der Waals surface area contributed by atoms with Gasteiger partial charge in [-0.05, 0) is 90.8 Å². The highest BCUT2D eigenvalue weighted by molar-refractivity contribution is 5.87. The van der Waals surface area contributed by atoms with Crippen LogP contribution in [-0.2, 0) is 12.8 Å². The molecule has 0 spiro atoms. The Balaban J connectivity index is 1.43. The average Bonchev–Trinajstić information content (AvgIpc) is 3.16. The van der Waals surface area contributed by atoms with Crippen LogP contribution in [0.2, 0.25) is 0 Å². The van der Waals surface area contributed by atoms with Crippen molar-refractivity contribution in [2.24, 2.45) is 0 Å². The summed E-state index contributed by atoms with van der Waals surface area (Å²) < 4.78 is 0. The molecule has 0 aliphatic heterocycles. The third-order valence-electron chi connectivity index (χ3n) is 6.41. The van der Waals surface area contributed by atoms with Crippen LogP contribution in [0.1, 0.15) is 43.4 Å². The van der Waals surface area contributed by atoms with Crippen LogP contribution in [0.3, 0.4) is 0 Å². The molecule has 1 nitrogen and oxygen atoms in total. The summed E-state index contributed by atoms with van der Waals surface area (Å²) in [5.74, 6) is 6.05. The van der Waals surface area contributed by atoms with Crippen molar-refractivity contribution in [3.05, 3.63) is 161 Å². The van der Waals surface area contributed by atoms with Crippen LogP contribution in [0, 0.1) is 11.8 Å². The zero-order valence-electron chi connectivity index (χ0n) is 21.9. The molecule has 37 heavy (non-hydrogen) atoms. The first-order valence-electron chi connectivity index (χ1n) is 13.1. The molecule has 0 amide bonds. The third kappa shape index (κ3) is 7.60. The van der Waals surface area contributed by atoms with E-state index in [1.807, 2.05) is 19.9 Å². The molecule has 0 fully saturated rings. The number of aryl methyl sites for hydroxylation is 1. The van der Waals surface area contributed by atoms with E-state index < -0.39 is 0 Å². The highest BCUT2D eigenvalue weighted by atomic mass is 14.9. The highest BCUT2D eigenvalue weighted by Gasteiger charge is 2.21. The van der Waals surface area contributed by atoms with Crippen molar-refractivity contribution >= 4 is 5.57 Å². The van der Waals surface area contributed by atoms with E-state index >= 15 is 0 Å². The minimum atomic E-state index is 0.892. The maximum atomic E-state index is 3.63. The van der Waals surface area contributed by atoms with Gasteiger partial charge in [-0.2, -0.15) is 0 Å². The van der Waals surface area contributed by atoms with Gasteiger partial charge in [-0.3, -0.25) is 0 Å². The molecule has 2 aromatic rings. The number of allylic oxidation sites excluding steroid dienone is 14. The van der Waals surface area contributed by atoms with Crippen molar-refractivity contribution in [2.45, 2.75) is 39.5 Å². The molecular weight excluding hydrogens is 446 g/mol. The van der Waals surface area contributed by atoms with E-state index in [1.54, 1.807) is 0 Å². The standard InChI is InChI=1S/C36H35N/c1-3-5-15-29(18-9-10-19-30-16-7-6-8-17-30)20-13-22-33(14-4-2)37-34-25-24-32-28-31-21-11-12-23-35(31)36(32)27-26-34/h4,6-9,11-18,20-24,26-27,37H,10,19,25,28H2,1-2H3/b14-4-,18-9-,20-13+,29-15+,33-22+. The van der Waals surface area contributed by atoms with Gasteiger partial charge in [-0.25, -0.2) is 0 Å². The summed E-state index contributed by atoms with van der Waals surface area (Å²) in [5, 5.41) is 3.63. The molecule has 2 aliphatic rings. The molecule has 2 aromatic carbocycles. The largest absolute Gasteiger partial charge is 0.359 e. The van der Waals surface area contributed by atoms with Crippen molar-refractivity contribution in [3.63, 3.8) is 0 Å². The summed E-state index contributed by atoms with van der Waals surface area (Å²) in [7, 11) is 0. The lowest BCUT2D eigenvalue weighted by Crippen LogP contribution is -2.10. The smallest absolute Gasteiger partial charge is 0.0378 e. The minimum absolute atomic E-state index is 0.892. The zero-order chi connectivity index (χ0) is 25.7. The maximum Gasteiger partial charge on any atom is 0.0378 e. The van der Waals surface area contributed by atoms with E-state index in [9.17, 15) is 0 Å². The van der Waals surface area contributed by atoms with Gasteiger partial charge < -0.3 is 5.32 Å². The molecule has 0 aromatic heterocycles. The predicted octanol–water partition coefficient (Wildman–Crippen LogP) is 8.58. The fourth-order valence-corrected chi connectivity index (χ4v) is 4.56. The van der Waals surface area contributed by atoms with Crippen LogP contribution >= 0.6 is 0 Å². The first-order chi connectivity index (χ1) is 18.3. The molecular formula is C36H35N. The molecule has 184 valence electrons. The van der Waals surface area contributed by atoms with Crippen LogP contribution in [0.15, 0.2) is 144 Å². The van der Waals surface area contributed by atoms with E-state index in [2.05, 4.69) is 133 Å². The molecule has 0 bridgehead atoms. The topological polar surface area (TPSA) is 12.0 Å². The monoisotopic (exact) mass is 481 g/mol. The van der Waals surface area contributed by atoms with Crippen LogP contribution < -0.4 is 5.32 Å². The van der Waals surface area contributed by atoms with Crippen LogP contribution in [-0.4, -0.2) is 0 Å². The molecule has 1 heteroatoms. The summed E-state index contributed by atoms with van der Waals surface area (Å²) >= 11 is 0. The lowest BCUT2D eigenvalue weighted by molar-refractivity contribution is 0.949. The zero-order valence-corrected chi connectivity index (χ0v) is 21.9. The second-order valence-corrected chi connectivity index (χ2v) is 9.11. The average molecular weight is 482 g/mol. The normalized spacial score (nSPS) is 15.6. The van der Waals surface area contributed by atoms with Crippen molar-refractivity contribution in [1.29, 1.82) is 0 Å². The second-order valence-electron chi connectivity index (χ2n) is 9.11. The lowest BCUT2D eigenvalue weighted by Gasteiger charge is -2.09. The number of hydrogen-bond donors (Lipinski definition) is 1. The van der Waals surface area contributed by atoms with Gasteiger partial charge in [0.15, 0.2) is 0 Å². The number of rotatable bonds is 9. The number of nitrogens with one attached hydrogen (secondary N) is 1. The quantitative estimate of drug-likeness (QED) is 0.279. The van der Waals surface area contributed by atoms with Gasteiger partial charge in [0.05, 0.1) is 0 Å². The van der Waals surface area contributed by atoms with Crippen molar-refractivity contribution in [3.8, 4) is 11.8 Å². The van der Waals surface area contributed by atoms with Gasteiger partial charge in [-0.1, -0.05) is 103 Å². The number of fused-ring (bicyclic) bond motifs is 3. The first kappa shape index (κ1) is 25.8. The van der Waals surface area contributed by atoms with Crippen LogP contribution in [0.4, 0.5) is 0 Å². The van der Waals surface area contributed by atoms with Crippen molar-refractivity contribution in [2.75, 3.05) is 0 Å². The summed E-state index contributed by atoms with van der Waals surface area (Å²) in [4.78, 5) is 0. The third-order valence-corrected chi connectivity index (χ3v) is 6.41. The first-order valence-corrected chi connectivity index (χ1v) is 13.1. The second kappa shape index (κ2) is 13.7. The number of benzene rings is 2. The fourth-order valence-electron chi connectivity index (χ4n) is 4.56. The minimum Gasteiger partial charge on any atom is -0.359 e. The van der Waals surface area contributed by atoms with E-state index in [1.165, 1.54) is 33.5 Å². The predicted molar refractivity (Wildman–Crippen MR) is 160 cm³/mol. The van der Waals surface area contributed by atoms with Crippen LogP contribution in [0.5, 0.6) is 0 Å². The van der Waals surface area contributed by atoms with Gasteiger partial charge in [-0.15, -0.1) is 5.92 Å². The SMILES string of the molecule is CC#C/C=C(\C=C/CCc1ccccc1)/C=C/C=C(\C=C/C)NC1=CC=C2C(=CC1)Cc1ccccc12. The molecule has 0 unspecified atom stereocenters. The summed E-state index contributed by atoms with van der Waals surface area (Å²) in [5.41, 5.74) is 10.3. The Morgan fingerprint density at radius 1 is 0.973 bits per heavy atom. The number of hydrogen-bond acceptors (Lipinski definition) is 1. The van der Waals surface area contributed by atoms with Crippen molar-refractivity contribution in [1.82, 2.24) is 5.32 Å². The molecule has 0 atom stereocenters. The molecule has 0 saturated carbocycles. The van der Waals surface area contributed by atoms with Gasteiger partial charge >= 0.3 is 0 Å². The van der Waals surface area contributed by atoms with E-state index in [0.29, 0.717) is 0 Å². The van der Waals surface area contributed by atoms with Gasteiger partial charge in [0.1, 0.15) is 0 Å². The van der Waals surface area contributed by atoms with Gasteiger partial charge in [0, 0.05) is 17.8 Å². The molecule has 0 saturated heterocycles. The van der Waals surface area contributed by atoms with E-state index in [4.69, 9.17) is 0 Å². The lowest BCUT2D eigenvalue weighted by atomic mass is 10.1. The Labute approximate surface area is 222 Å². The Hall–Kier alpha value is -4.28. The Morgan fingerprint density at radius 3 is 2.65 bits per heavy atom. The summed E-state index contributed by atoms with van der Waals surface area (Å²) in [6.07, 6.45) is 27.6. The molecule has 0 radical (unpaired) electrons. The molecule has 1 N–H and O–H groups in total. The summed E-state index contributed by atoms with van der Waals surface area (Å²) in [6.45, 7) is 3.91.